The topological polar surface area (TPSA) is 81.4 Å². The van der Waals surface area contributed by atoms with Gasteiger partial charge in [0.1, 0.15) is 5.56 Å². The number of carbonyl (C=O) groups is 1. The molecular formula is C13H20N2O4. The minimum atomic E-state index is -1.22. The van der Waals surface area contributed by atoms with Crippen molar-refractivity contribution < 1.29 is 14.6 Å². The molecule has 0 radical (unpaired) electrons. The number of hydrogen-bond acceptors (Lipinski definition) is 4. The lowest BCUT2D eigenvalue weighted by molar-refractivity contribution is 0.0691. The normalized spacial score (nSPS) is 10.9. The highest BCUT2D eigenvalue weighted by Gasteiger charge is 2.18. The Morgan fingerprint density at radius 1 is 1.53 bits per heavy atom. The second kappa shape index (κ2) is 7.04. The summed E-state index contributed by atoms with van der Waals surface area (Å²) in [5, 5.41) is 9.18. The van der Waals surface area contributed by atoms with Crippen LogP contribution >= 0.6 is 0 Å². The van der Waals surface area contributed by atoms with Gasteiger partial charge in [0.2, 0.25) is 0 Å². The van der Waals surface area contributed by atoms with Crippen LogP contribution in [-0.4, -0.2) is 34.3 Å². The number of ether oxygens (including phenoxy) is 1. The fourth-order valence-electron chi connectivity index (χ4n) is 1.70. The fraction of sp³-hybridized carbons (Fsp3) is 0.615. The van der Waals surface area contributed by atoms with Gasteiger partial charge in [-0.3, -0.25) is 9.36 Å². The molecule has 0 atom stereocenters. The molecule has 19 heavy (non-hydrogen) atoms. The molecule has 6 heteroatoms. The zero-order valence-electron chi connectivity index (χ0n) is 11.5. The van der Waals surface area contributed by atoms with E-state index in [1.165, 1.54) is 18.0 Å². The van der Waals surface area contributed by atoms with Crippen molar-refractivity contribution in [3.8, 4) is 0 Å². The summed E-state index contributed by atoms with van der Waals surface area (Å²) >= 11 is 0. The third-order valence-electron chi connectivity index (χ3n) is 2.82. The van der Waals surface area contributed by atoms with Gasteiger partial charge in [-0.15, -0.1) is 0 Å². The van der Waals surface area contributed by atoms with Gasteiger partial charge in [-0.2, -0.15) is 0 Å². The first-order valence-corrected chi connectivity index (χ1v) is 6.28. The SMILES string of the molecule is COCCn1cnc(CCC(C)C)c(C(=O)O)c1=O. The van der Waals surface area contributed by atoms with Gasteiger partial charge in [-0.05, 0) is 18.8 Å². The molecule has 0 aliphatic heterocycles. The van der Waals surface area contributed by atoms with Crippen LogP contribution in [0.4, 0.5) is 0 Å². The number of aryl methyl sites for hydroxylation is 1. The van der Waals surface area contributed by atoms with Crippen LogP contribution in [0.2, 0.25) is 0 Å². The zero-order valence-corrected chi connectivity index (χ0v) is 11.5. The first-order chi connectivity index (χ1) is 8.97. The van der Waals surface area contributed by atoms with Gasteiger partial charge in [0.15, 0.2) is 0 Å². The van der Waals surface area contributed by atoms with Gasteiger partial charge in [-0.1, -0.05) is 13.8 Å². The van der Waals surface area contributed by atoms with Crippen molar-refractivity contribution >= 4 is 5.97 Å². The summed E-state index contributed by atoms with van der Waals surface area (Å²) < 4.78 is 6.15. The minimum Gasteiger partial charge on any atom is -0.477 e. The first kappa shape index (κ1) is 15.4. The number of hydrogen-bond donors (Lipinski definition) is 1. The summed E-state index contributed by atoms with van der Waals surface area (Å²) in [6.07, 6.45) is 2.69. The monoisotopic (exact) mass is 268 g/mol. The number of rotatable bonds is 7. The van der Waals surface area contributed by atoms with Gasteiger partial charge in [0.25, 0.3) is 5.56 Å². The maximum absolute atomic E-state index is 12.1. The second-order valence-corrected chi connectivity index (χ2v) is 4.80. The molecule has 0 saturated heterocycles. The second-order valence-electron chi connectivity index (χ2n) is 4.80. The van der Waals surface area contributed by atoms with E-state index in [1.807, 2.05) is 13.8 Å². The molecule has 1 aromatic heterocycles. The maximum Gasteiger partial charge on any atom is 0.343 e. The lowest BCUT2D eigenvalue weighted by Crippen LogP contribution is -2.30. The molecule has 0 aliphatic rings. The minimum absolute atomic E-state index is 0.223. The number of nitrogens with zero attached hydrogens (tertiary/aromatic N) is 2. The van der Waals surface area contributed by atoms with Crippen molar-refractivity contribution in [2.75, 3.05) is 13.7 Å². The van der Waals surface area contributed by atoms with Crippen LogP contribution in [0.5, 0.6) is 0 Å². The lowest BCUT2D eigenvalue weighted by atomic mass is 10.0. The lowest BCUT2D eigenvalue weighted by Gasteiger charge is -2.10. The molecule has 0 saturated carbocycles. The average molecular weight is 268 g/mol. The molecular weight excluding hydrogens is 248 g/mol. The van der Waals surface area contributed by atoms with E-state index in [0.717, 1.165) is 6.42 Å². The largest absolute Gasteiger partial charge is 0.477 e. The number of aromatic carboxylic acids is 1. The van der Waals surface area contributed by atoms with Crippen molar-refractivity contribution in [3.05, 3.63) is 27.9 Å². The molecule has 0 spiro atoms. The van der Waals surface area contributed by atoms with Gasteiger partial charge in [0, 0.05) is 7.11 Å². The Bertz CT molecular complexity index is 494. The van der Waals surface area contributed by atoms with E-state index in [0.29, 0.717) is 31.2 Å². The fourth-order valence-corrected chi connectivity index (χ4v) is 1.70. The molecule has 1 heterocycles. The Morgan fingerprint density at radius 2 is 2.21 bits per heavy atom. The van der Waals surface area contributed by atoms with E-state index in [1.54, 1.807) is 0 Å². The quantitative estimate of drug-likeness (QED) is 0.803. The third kappa shape index (κ3) is 4.17. The molecule has 1 N–H and O–H groups in total. The van der Waals surface area contributed by atoms with Crippen LogP contribution in [0, 0.1) is 5.92 Å². The van der Waals surface area contributed by atoms with Crippen molar-refractivity contribution in [1.29, 1.82) is 0 Å². The molecule has 106 valence electrons. The molecule has 0 unspecified atom stereocenters. The van der Waals surface area contributed by atoms with Gasteiger partial charge >= 0.3 is 5.97 Å². The molecule has 1 rings (SSSR count). The van der Waals surface area contributed by atoms with Crippen LogP contribution in [0.3, 0.4) is 0 Å². The van der Waals surface area contributed by atoms with Crippen LogP contribution < -0.4 is 5.56 Å². The predicted octanol–water partition coefficient (Wildman–Crippen LogP) is 1.18. The molecule has 6 nitrogen and oxygen atoms in total. The molecule has 0 amide bonds. The van der Waals surface area contributed by atoms with Crippen LogP contribution in [0.1, 0.15) is 36.3 Å². The van der Waals surface area contributed by atoms with Gasteiger partial charge in [-0.25, -0.2) is 9.78 Å². The van der Waals surface area contributed by atoms with Crippen LogP contribution in [-0.2, 0) is 17.7 Å². The van der Waals surface area contributed by atoms with Crippen molar-refractivity contribution in [2.45, 2.75) is 33.2 Å². The summed E-state index contributed by atoms with van der Waals surface area (Å²) in [6, 6.07) is 0. The van der Waals surface area contributed by atoms with Crippen molar-refractivity contribution in [3.63, 3.8) is 0 Å². The Hall–Kier alpha value is -1.69. The molecule has 0 aromatic carbocycles. The van der Waals surface area contributed by atoms with Crippen LogP contribution in [0.15, 0.2) is 11.1 Å². The molecule has 0 aliphatic carbocycles. The van der Waals surface area contributed by atoms with Crippen molar-refractivity contribution in [1.82, 2.24) is 9.55 Å². The highest BCUT2D eigenvalue weighted by Crippen LogP contribution is 2.09. The third-order valence-corrected chi connectivity index (χ3v) is 2.82. The van der Waals surface area contributed by atoms with E-state index in [9.17, 15) is 14.7 Å². The predicted molar refractivity (Wildman–Crippen MR) is 70.5 cm³/mol. The summed E-state index contributed by atoms with van der Waals surface area (Å²) in [6.45, 7) is 4.72. The van der Waals surface area contributed by atoms with E-state index in [4.69, 9.17) is 4.74 Å². The van der Waals surface area contributed by atoms with E-state index < -0.39 is 11.5 Å². The van der Waals surface area contributed by atoms with Crippen molar-refractivity contribution in [2.24, 2.45) is 5.92 Å². The highest BCUT2D eigenvalue weighted by molar-refractivity contribution is 5.88. The smallest absolute Gasteiger partial charge is 0.343 e. The summed E-state index contributed by atoms with van der Waals surface area (Å²) in [7, 11) is 1.52. The Balaban J connectivity index is 3.09. The Kier molecular flexibility index (Phi) is 5.69. The number of carboxylic acid groups (broad SMARTS) is 1. The summed E-state index contributed by atoms with van der Waals surface area (Å²) in [5.41, 5.74) is -0.377. The molecule has 0 bridgehead atoms. The standard InChI is InChI=1S/C13H20N2O4/c1-9(2)4-5-10-11(13(17)18)12(16)15(8-14-10)6-7-19-3/h8-9H,4-7H2,1-3H3,(H,17,18). The summed E-state index contributed by atoms with van der Waals surface area (Å²) in [5.74, 6) is -0.789. The summed E-state index contributed by atoms with van der Waals surface area (Å²) in [4.78, 5) is 27.4. The highest BCUT2D eigenvalue weighted by atomic mass is 16.5. The maximum atomic E-state index is 12.1. The Labute approximate surface area is 112 Å². The Morgan fingerprint density at radius 3 is 2.74 bits per heavy atom. The van der Waals surface area contributed by atoms with Crippen LogP contribution in [0.25, 0.3) is 0 Å². The van der Waals surface area contributed by atoms with E-state index >= 15 is 0 Å². The zero-order chi connectivity index (χ0) is 14.4. The molecule has 1 aromatic rings. The number of carboxylic acids is 1. The van der Waals surface area contributed by atoms with Gasteiger partial charge in [0.05, 0.1) is 25.2 Å². The van der Waals surface area contributed by atoms with Gasteiger partial charge < -0.3 is 9.84 Å². The number of aromatic nitrogens is 2. The number of methoxy groups -OCH3 is 1. The van der Waals surface area contributed by atoms with E-state index in [2.05, 4.69) is 4.98 Å². The first-order valence-electron chi connectivity index (χ1n) is 6.28. The van der Waals surface area contributed by atoms with E-state index in [-0.39, 0.29) is 5.56 Å². The average Bonchev–Trinajstić information content (AvgIpc) is 2.34. The molecule has 0 fully saturated rings.